The van der Waals surface area contributed by atoms with Crippen molar-refractivity contribution >= 4 is 0 Å². The average molecular weight is 286 g/mol. The van der Waals surface area contributed by atoms with E-state index < -0.39 is 0 Å². The number of aryl methyl sites for hydroxylation is 1. The van der Waals surface area contributed by atoms with Crippen LogP contribution in [0.25, 0.3) is 0 Å². The minimum atomic E-state index is 0.190. The molecular weight excluding hydrogens is 264 g/mol. The molecule has 0 unspecified atom stereocenters. The topological polar surface area (TPSA) is 45.6 Å². The van der Waals surface area contributed by atoms with Crippen LogP contribution in [0, 0.1) is 6.92 Å². The third kappa shape index (κ3) is 4.55. The summed E-state index contributed by atoms with van der Waals surface area (Å²) in [5.41, 5.74) is 2.32. The Kier molecular flexibility index (Phi) is 5.72. The van der Waals surface area contributed by atoms with Gasteiger partial charge >= 0.3 is 0 Å². The van der Waals surface area contributed by atoms with Crippen LogP contribution in [0.2, 0.25) is 0 Å². The maximum absolute atomic E-state index is 9.04. The summed E-state index contributed by atoms with van der Waals surface area (Å²) in [6.07, 6.45) is 3.43. The number of rotatable bonds is 7. The van der Waals surface area contributed by atoms with Crippen LogP contribution in [-0.2, 0) is 6.54 Å². The fourth-order valence-corrected chi connectivity index (χ4v) is 2.21. The van der Waals surface area contributed by atoms with Crippen molar-refractivity contribution in [2.24, 2.45) is 0 Å². The molecule has 1 heterocycles. The highest BCUT2D eigenvalue weighted by molar-refractivity contribution is 5.39. The van der Waals surface area contributed by atoms with Crippen LogP contribution in [0.1, 0.15) is 18.1 Å². The van der Waals surface area contributed by atoms with E-state index in [1.54, 1.807) is 12.4 Å². The summed E-state index contributed by atoms with van der Waals surface area (Å²) in [6.45, 7) is 6.79. The van der Waals surface area contributed by atoms with Gasteiger partial charge in [0.1, 0.15) is 11.5 Å². The molecule has 0 bridgehead atoms. The first kappa shape index (κ1) is 15.5. The van der Waals surface area contributed by atoms with Crippen molar-refractivity contribution in [2.75, 3.05) is 19.7 Å². The van der Waals surface area contributed by atoms with Gasteiger partial charge in [-0.2, -0.15) is 0 Å². The minimum absolute atomic E-state index is 0.190. The van der Waals surface area contributed by atoms with Gasteiger partial charge in [0.25, 0.3) is 0 Å². The second-order valence-electron chi connectivity index (χ2n) is 4.98. The fourth-order valence-electron chi connectivity index (χ4n) is 2.21. The van der Waals surface area contributed by atoms with E-state index in [1.165, 1.54) is 5.56 Å². The predicted octanol–water partition coefficient (Wildman–Crippen LogP) is 3.00. The van der Waals surface area contributed by atoms with Crippen LogP contribution < -0.4 is 4.74 Å². The lowest BCUT2D eigenvalue weighted by atomic mass is 10.1. The Balaban J connectivity index is 2.06. The van der Waals surface area contributed by atoms with Crippen LogP contribution in [0.5, 0.6) is 11.5 Å². The standard InChI is InChI=1S/C17H22N2O2/c1-3-19(9-10-20)13-15-6-7-17(14(2)11-15)21-16-5-4-8-18-12-16/h4-8,11-12,20H,3,9-10,13H2,1-2H3. The first-order valence-electron chi connectivity index (χ1n) is 7.23. The van der Waals surface area contributed by atoms with E-state index in [-0.39, 0.29) is 6.61 Å². The molecule has 0 saturated heterocycles. The quantitative estimate of drug-likeness (QED) is 0.850. The third-order valence-corrected chi connectivity index (χ3v) is 3.37. The maximum Gasteiger partial charge on any atom is 0.145 e. The number of hydrogen-bond acceptors (Lipinski definition) is 4. The highest BCUT2D eigenvalue weighted by atomic mass is 16.5. The normalized spacial score (nSPS) is 10.9. The van der Waals surface area contributed by atoms with Crippen molar-refractivity contribution in [3.8, 4) is 11.5 Å². The molecule has 112 valence electrons. The first-order chi connectivity index (χ1) is 10.2. The van der Waals surface area contributed by atoms with Crippen molar-refractivity contribution in [1.29, 1.82) is 0 Å². The Morgan fingerprint density at radius 1 is 1.29 bits per heavy atom. The van der Waals surface area contributed by atoms with Gasteiger partial charge in [-0.15, -0.1) is 0 Å². The number of aliphatic hydroxyl groups is 1. The van der Waals surface area contributed by atoms with E-state index in [4.69, 9.17) is 9.84 Å². The molecule has 4 heteroatoms. The average Bonchev–Trinajstić information content (AvgIpc) is 2.50. The summed E-state index contributed by atoms with van der Waals surface area (Å²) in [5.74, 6) is 1.58. The van der Waals surface area contributed by atoms with Gasteiger partial charge < -0.3 is 9.84 Å². The summed E-state index contributed by atoms with van der Waals surface area (Å²) < 4.78 is 5.83. The summed E-state index contributed by atoms with van der Waals surface area (Å²) in [5, 5.41) is 9.04. The summed E-state index contributed by atoms with van der Waals surface area (Å²) in [6, 6.07) is 9.93. The number of pyridine rings is 1. The van der Waals surface area contributed by atoms with Gasteiger partial charge in [-0.1, -0.05) is 19.1 Å². The molecule has 0 saturated carbocycles. The number of ether oxygens (including phenoxy) is 1. The zero-order chi connectivity index (χ0) is 15.1. The SMILES string of the molecule is CCN(CCO)Cc1ccc(Oc2cccnc2)c(C)c1. The smallest absolute Gasteiger partial charge is 0.145 e. The number of nitrogens with zero attached hydrogens (tertiary/aromatic N) is 2. The predicted molar refractivity (Wildman–Crippen MR) is 83.5 cm³/mol. The van der Waals surface area contributed by atoms with E-state index in [2.05, 4.69) is 28.9 Å². The van der Waals surface area contributed by atoms with Gasteiger partial charge in [0.15, 0.2) is 0 Å². The number of hydrogen-bond donors (Lipinski definition) is 1. The van der Waals surface area contributed by atoms with Crippen molar-refractivity contribution < 1.29 is 9.84 Å². The fraction of sp³-hybridized carbons (Fsp3) is 0.353. The Bertz CT molecular complexity index is 558. The van der Waals surface area contributed by atoms with Gasteiger partial charge in [0, 0.05) is 19.3 Å². The van der Waals surface area contributed by atoms with Crippen LogP contribution >= 0.6 is 0 Å². The van der Waals surface area contributed by atoms with Crippen molar-refractivity contribution in [2.45, 2.75) is 20.4 Å². The molecule has 0 aliphatic carbocycles. The molecule has 4 nitrogen and oxygen atoms in total. The molecule has 1 aromatic heterocycles. The molecule has 2 aromatic rings. The van der Waals surface area contributed by atoms with Crippen LogP contribution in [-0.4, -0.2) is 34.7 Å². The van der Waals surface area contributed by atoms with Crippen molar-refractivity contribution in [3.05, 3.63) is 53.9 Å². The molecule has 0 amide bonds. The van der Waals surface area contributed by atoms with Crippen LogP contribution in [0.3, 0.4) is 0 Å². The molecule has 0 aliphatic rings. The summed E-state index contributed by atoms with van der Waals surface area (Å²) >= 11 is 0. The van der Waals surface area contributed by atoms with Crippen LogP contribution in [0.4, 0.5) is 0 Å². The van der Waals surface area contributed by atoms with Gasteiger partial charge in [-0.05, 0) is 42.8 Å². The van der Waals surface area contributed by atoms with E-state index in [0.29, 0.717) is 6.54 Å². The van der Waals surface area contributed by atoms with E-state index in [0.717, 1.165) is 30.2 Å². The van der Waals surface area contributed by atoms with Crippen LogP contribution in [0.15, 0.2) is 42.7 Å². The van der Waals surface area contributed by atoms with E-state index in [1.807, 2.05) is 25.1 Å². The summed E-state index contributed by atoms with van der Waals surface area (Å²) in [4.78, 5) is 6.25. The van der Waals surface area contributed by atoms with Crippen molar-refractivity contribution in [3.63, 3.8) is 0 Å². The maximum atomic E-state index is 9.04. The molecule has 0 aliphatic heterocycles. The number of aliphatic hydroxyl groups excluding tert-OH is 1. The zero-order valence-electron chi connectivity index (χ0n) is 12.6. The molecule has 0 fully saturated rings. The van der Waals surface area contributed by atoms with Gasteiger partial charge in [-0.25, -0.2) is 0 Å². The highest BCUT2D eigenvalue weighted by Gasteiger charge is 2.06. The molecule has 0 radical (unpaired) electrons. The Hall–Kier alpha value is -1.91. The Morgan fingerprint density at radius 2 is 2.14 bits per heavy atom. The monoisotopic (exact) mass is 286 g/mol. The van der Waals surface area contributed by atoms with Crippen molar-refractivity contribution in [1.82, 2.24) is 9.88 Å². The largest absolute Gasteiger partial charge is 0.455 e. The zero-order valence-corrected chi connectivity index (χ0v) is 12.6. The van der Waals surface area contributed by atoms with E-state index in [9.17, 15) is 0 Å². The Labute approximate surface area is 126 Å². The molecular formula is C17H22N2O2. The second kappa shape index (κ2) is 7.76. The third-order valence-electron chi connectivity index (χ3n) is 3.37. The molecule has 0 atom stereocenters. The lowest BCUT2D eigenvalue weighted by Gasteiger charge is -2.19. The minimum Gasteiger partial charge on any atom is -0.455 e. The number of benzene rings is 1. The lowest BCUT2D eigenvalue weighted by Crippen LogP contribution is -2.26. The van der Waals surface area contributed by atoms with Gasteiger partial charge in [-0.3, -0.25) is 9.88 Å². The molecule has 1 aromatic carbocycles. The molecule has 1 N–H and O–H groups in total. The molecule has 2 rings (SSSR count). The van der Waals surface area contributed by atoms with Gasteiger partial charge in [0.05, 0.1) is 12.8 Å². The highest BCUT2D eigenvalue weighted by Crippen LogP contribution is 2.25. The second-order valence-corrected chi connectivity index (χ2v) is 4.98. The first-order valence-corrected chi connectivity index (χ1v) is 7.23. The lowest BCUT2D eigenvalue weighted by molar-refractivity contribution is 0.197. The number of likely N-dealkylation sites (N-methyl/N-ethyl adjacent to an activating group) is 1. The molecule has 21 heavy (non-hydrogen) atoms. The Morgan fingerprint density at radius 3 is 2.76 bits per heavy atom. The number of aromatic nitrogens is 1. The van der Waals surface area contributed by atoms with Gasteiger partial charge in [0.2, 0.25) is 0 Å². The molecule has 0 spiro atoms. The van der Waals surface area contributed by atoms with E-state index >= 15 is 0 Å². The summed E-state index contributed by atoms with van der Waals surface area (Å²) in [7, 11) is 0.